The maximum atomic E-state index is 11.5. The van der Waals surface area contributed by atoms with Crippen molar-refractivity contribution in [1.29, 1.82) is 0 Å². The molecule has 0 aliphatic heterocycles. The molecule has 90 valence electrons. The molecule has 0 radical (unpaired) electrons. The molecule has 1 aromatic rings. The molecule has 0 aliphatic carbocycles. The van der Waals surface area contributed by atoms with Crippen molar-refractivity contribution in [2.24, 2.45) is 5.73 Å². The maximum Gasteiger partial charge on any atom is 0.261 e. The van der Waals surface area contributed by atoms with Gasteiger partial charge in [0.05, 0.1) is 9.75 Å². The molecular weight excluding hydrogens is 250 g/mol. The standard InChI is InChI=1S/C9H13N3O2S.ClH/c1-11-4-5-12-9(14)7-3-2-6(15-7)8(10)13;/h2-3,11H,4-5H2,1H3,(H2,10,13)(H,12,14);1H. The lowest BCUT2D eigenvalue weighted by Crippen LogP contribution is -2.29. The van der Waals surface area contributed by atoms with Gasteiger partial charge in [-0.05, 0) is 19.2 Å². The van der Waals surface area contributed by atoms with Crippen LogP contribution in [0, 0.1) is 0 Å². The number of primary amides is 1. The number of carbonyl (C=O) groups is 2. The molecule has 7 heteroatoms. The topological polar surface area (TPSA) is 84.2 Å². The van der Waals surface area contributed by atoms with Gasteiger partial charge >= 0.3 is 0 Å². The lowest BCUT2D eigenvalue weighted by molar-refractivity contribution is 0.0957. The van der Waals surface area contributed by atoms with E-state index in [0.29, 0.717) is 22.8 Å². The van der Waals surface area contributed by atoms with Crippen LogP contribution in [0.3, 0.4) is 0 Å². The fraction of sp³-hybridized carbons (Fsp3) is 0.333. The second-order valence-corrected chi connectivity index (χ2v) is 3.97. The van der Waals surface area contributed by atoms with Gasteiger partial charge in [-0.25, -0.2) is 0 Å². The Kier molecular flexibility index (Phi) is 6.71. The summed E-state index contributed by atoms with van der Waals surface area (Å²) >= 11 is 1.10. The fourth-order valence-electron chi connectivity index (χ4n) is 0.980. The normalized spacial score (nSPS) is 9.31. The molecule has 0 atom stereocenters. The minimum absolute atomic E-state index is 0. The Bertz CT molecular complexity index is 367. The second-order valence-electron chi connectivity index (χ2n) is 2.89. The minimum atomic E-state index is -0.505. The van der Waals surface area contributed by atoms with Crippen LogP contribution in [0.15, 0.2) is 12.1 Å². The summed E-state index contributed by atoms with van der Waals surface area (Å²) in [7, 11) is 1.81. The molecule has 0 saturated carbocycles. The van der Waals surface area contributed by atoms with Gasteiger partial charge < -0.3 is 16.4 Å². The summed E-state index contributed by atoms with van der Waals surface area (Å²) in [6.45, 7) is 1.26. The SMILES string of the molecule is CNCCNC(=O)c1ccc(C(N)=O)s1.Cl. The highest BCUT2D eigenvalue weighted by molar-refractivity contribution is 7.15. The molecule has 0 spiro atoms. The van der Waals surface area contributed by atoms with Crippen molar-refractivity contribution in [1.82, 2.24) is 10.6 Å². The Labute approximate surface area is 104 Å². The lowest BCUT2D eigenvalue weighted by atomic mass is 10.4. The predicted molar refractivity (Wildman–Crippen MR) is 66.3 cm³/mol. The largest absolute Gasteiger partial charge is 0.365 e. The molecule has 0 bridgehead atoms. The number of nitrogens with two attached hydrogens (primary N) is 1. The third-order valence-corrected chi connectivity index (χ3v) is 2.83. The van der Waals surface area contributed by atoms with Gasteiger partial charge in [0.1, 0.15) is 0 Å². The maximum absolute atomic E-state index is 11.5. The van der Waals surface area contributed by atoms with Crippen molar-refractivity contribution in [3.8, 4) is 0 Å². The van der Waals surface area contributed by atoms with E-state index in [1.54, 1.807) is 12.1 Å². The van der Waals surface area contributed by atoms with Crippen LogP contribution in [-0.2, 0) is 0 Å². The van der Waals surface area contributed by atoms with Crippen LogP contribution in [0.1, 0.15) is 19.3 Å². The van der Waals surface area contributed by atoms with Gasteiger partial charge in [-0.15, -0.1) is 23.7 Å². The summed E-state index contributed by atoms with van der Waals surface area (Å²) < 4.78 is 0. The zero-order valence-corrected chi connectivity index (χ0v) is 10.4. The summed E-state index contributed by atoms with van der Waals surface area (Å²) in [5, 5.41) is 5.62. The molecule has 4 N–H and O–H groups in total. The number of hydrogen-bond acceptors (Lipinski definition) is 4. The van der Waals surface area contributed by atoms with Gasteiger partial charge in [0.15, 0.2) is 0 Å². The smallest absolute Gasteiger partial charge is 0.261 e. The molecule has 1 heterocycles. The van der Waals surface area contributed by atoms with Crippen LogP contribution < -0.4 is 16.4 Å². The highest BCUT2D eigenvalue weighted by Gasteiger charge is 2.10. The van der Waals surface area contributed by atoms with Gasteiger partial charge in [-0.3, -0.25) is 9.59 Å². The second kappa shape index (κ2) is 7.21. The molecule has 0 saturated heterocycles. The number of rotatable bonds is 5. The van der Waals surface area contributed by atoms with E-state index in [1.165, 1.54) is 0 Å². The third-order valence-electron chi connectivity index (χ3n) is 1.73. The Morgan fingerprint density at radius 2 is 1.94 bits per heavy atom. The van der Waals surface area contributed by atoms with E-state index < -0.39 is 5.91 Å². The molecule has 16 heavy (non-hydrogen) atoms. The van der Waals surface area contributed by atoms with Crippen molar-refractivity contribution >= 4 is 35.6 Å². The van der Waals surface area contributed by atoms with Gasteiger partial charge in [-0.1, -0.05) is 0 Å². The van der Waals surface area contributed by atoms with E-state index in [-0.39, 0.29) is 18.3 Å². The molecule has 0 fully saturated rings. The first kappa shape index (κ1) is 14.9. The first-order valence-electron chi connectivity index (χ1n) is 4.47. The minimum Gasteiger partial charge on any atom is -0.365 e. The van der Waals surface area contributed by atoms with Gasteiger partial charge in [0.2, 0.25) is 0 Å². The average molecular weight is 264 g/mol. The summed E-state index contributed by atoms with van der Waals surface area (Å²) in [6.07, 6.45) is 0. The van der Waals surface area contributed by atoms with Crippen molar-refractivity contribution < 1.29 is 9.59 Å². The highest BCUT2D eigenvalue weighted by Crippen LogP contribution is 2.15. The Hall–Kier alpha value is -1.11. The third kappa shape index (κ3) is 4.18. The van der Waals surface area contributed by atoms with Crippen molar-refractivity contribution in [3.05, 3.63) is 21.9 Å². The molecule has 0 aliphatic rings. The zero-order valence-electron chi connectivity index (χ0n) is 8.78. The van der Waals surface area contributed by atoms with E-state index >= 15 is 0 Å². The average Bonchev–Trinajstić information content (AvgIpc) is 2.66. The lowest BCUT2D eigenvalue weighted by Gasteiger charge is -2.01. The first-order chi connectivity index (χ1) is 7.15. The predicted octanol–water partition coefficient (Wildman–Crippen LogP) is 0.218. The molecular formula is C9H14ClN3O2S. The van der Waals surface area contributed by atoms with Gasteiger partial charge in [-0.2, -0.15) is 0 Å². The summed E-state index contributed by atoms with van der Waals surface area (Å²) in [4.78, 5) is 23.2. The Morgan fingerprint density at radius 1 is 1.31 bits per heavy atom. The summed E-state index contributed by atoms with van der Waals surface area (Å²) in [5.74, 6) is -0.683. The number of likely N-dealkylation sites (N-methyl/N-ethyl adjacent to an activating group) is 1. The van der Waals surface area contributed by atoms with E-state index in [9.17, 15) is 9.59 Å². The highest BCUT2D eigenvalue weighted by atomic mass is 35.5. The molecule has 1 rings (SSSR count). The number of amides is 2. The van der Waals surface area contributed by atoms with Crippen LogP contribution in [-0.4, -0.2) is 32.0 Å². The first-order valence-corrected chi connectivity index (χ1v) is 5.29. The summed E-state index contributed by atoms with van der Waals surface area (Å²) in [5.41, 5.74) is 5.08. The van der Waals surface area contributed by atoms with E-state index in [1.807, 2.05) is 7.05 Å². The van der Waals surface area contributed by atoms with Gasteiger partial charge in [0.25, 0.3) is 11.8 Å². The monoisotopic (exact) mass is 263 g/mol. The number of nitrogens with one attached hydrogen (secondary N) is 2. The number of carbonyl (C=O) groups excluding carboxylic acids is 2. The quantitative estimate of drug-likeness (QED) is 0.665. The van der Waals surface area contributed by atoms with Crippen molar-refractivity contribution in [2.75, 3.05) is 20.1 Å². The zero-order chi connectivity index (χ0) is 11.3. The molecule has 0 unspecified atom stereocenters. The van der Waals surface area contributed by atoms with Crippen LogP contribution >= 0.6 is 23.7 Å². The number of hydrogen-bond donors (Lipinski definition) is 3. The number of halogens is 1. The van der Waals surface area contributed by atoms with Gasteiger partial charge in [0, 0.05) is 13.1 Å². The Morgan fingerprint density at radius 3 is 2.44 bits per heavy atom. The van der Waals surface area contributed by atoms with Crippen LogP contribution in [0.5, 0.6) is 0 Å². The van der Waals surface area contributed by atoms with E-state index in [2.05, 4.69) is 10.6 Å². The van der Waals surface area contributed by atoms with Crippen LogP contribution in [0.4, 0.5) is 0 Å². The molecule has 0 aromatic carbocycles. The van der Waals surface area contributed by atoms with Crippen molar-refractivity contribution in [3.63, 3.8) is 0 Å². The molecule has 5 nitrogen and oxygen atoms in total. The molecule has 2 amide bonds. The summed E-state index contributed by atoms with van der Waals surface area (Å²) in [6, 6.07) is 3.15. The Balaban J connectivity index is 0.00000225. The van der Waals surface area contributed by atoms with E-state index in [4.69, 9.17) is 5.73 Å². The number of thiophene rings is 1. The van der Waals surface area contributed by atoms with Crippen molar-refractivity contribution in [2.45, 2.75) is 0 Å². The van der Waals surface area contributed by atoms with Crippen LogP contribution in [0.2, 0.25) is 0 Å². The molecule has 1 aromatic heterocycles. The van der Waals surface area contributed by atoms with E-state index in [0.717, 1.165) is 11.3 Å². The van der Waals surface area contributed by atoms with Crippen LogP contribution in [0.25, 0.3) is 0 Å². The fourth-order valence-corrected chi connectivity index (χ4v) is 1.76.